The summed E-state index contributed by atoms with van der Waals surface area (Å²) in [5.41, 5.74) is 1.60. The highest BCUT2D eigenvalue weighted by molar-refractivity contribution is 7.89. The Balaban J connectivity index is 1.77. The van der Waals surface area contributed by atoms with Crippen LogP contribution >= 0.6 is 11.3 Å². The van der Waals surface area contributed by atoms with Gasteiger partial charge in [0.25, 0.3) is 5.91 Å². The minimum absolute atomic E-state index is 0.292. The molecular weight excluding hydrogens is 332 g/mol. The Morgan fingerprint density at radius 2 is 2.04 bits per heavy atom. The number of rotatable bonds is 5. The van der Waals surface area contributed by atoms with E-state index in [-0.39, 0.29) is 0 Å². The van der Waals surface area contributed by atoms with Gasteiger partial charge >= 0.3 is 0 Å². The van der Waals surface area contributed by atoms with Gasteiger partial charge in [0.1, 0.15) is 0 Å². The van der Waals surface area contributed by atoms with E-state index in [9.17, 15) is 13.2 Å². The number of carbonyl (C=O) groups excluding carboxylic acids is 1. The normalized spacial score (nSPS) is 14.2. The standard InChI is InChI=1S/C16H14N2O3S2/c17-9-12-3-1-2-4-13(12)10-23(20,21)18-16(19)15-14(7-8-22-15)11-5-6-11/h1-4,7-8,11H,5-6,10H2,(H,18,19). The van der Waals surface area contributed by atoms with Gasteiger partial charge in [0.15, 0.2) is 0 Å². The maximum atomic E-state index is 12.3. The highest BCUT2D eigenvalue weighted by Gasteiger charge is 2.30. The predicted molar refractivity (Wildman–Crippen MR) is 87.5 cm³/mol. The highest BCUT2D eigenvalue weighted by Crippen LogP contribution is 2.43. The van der Waals surface area contributed by atoms with Crippen LogP contribution in [0, 0.1) is 11.3 Å². The summed E-state index contributed by atoms with van der Waals surface area (Å²) in [6.07, 6.45) is 2.08. The molecule has 0 aliphatic heterocycles. The number of carbonyl (C=O) groups is 1. The largest absolute Gasteiger partial charge is 0.275 e. The van der Waals surface area contributed by atoms with E-state index >= 15 is 0 Å². The Hall–Kier alpha value is -2.17. The molecule has 0 radical (unpaired) electrons. The van der Waals surface area contributed by atoms with Crippen molar-refractivity contribution in [3.05, 3.63) is 57.3 Å². The summed E-state index contributed by atoms with van der Waals surface area (Å²) in [6.45, 7) is 0. The number of thiophene rings is 1. The first kappa shape index (κ1) is 15.7. The van der Waals surface area contributed by atoms with Crippen molar-refractivity contribution in [2.24, 2.45) is 0 Å². The van der Waals surface area contributed by atoms with Crippen molar-refractivity contribution >= 4 is 27.3 Å². The minimum Gasteiger partial charge on any atom is -0.267 e. The van der Waals surface area contributed by atoms with Crippen LogP contribution in [-0.4, -0.2) is 14.3 Å². The third-order valence-electron chi connectivity index (χ3n) is 3.65. The van der Waals surface area contributed by atoms with E-state index < -0.39 is 21.7 Å². The molecule has 1 aromatic carbocycles. The predicted octanol–water partition coefficient (Wildman–Crippen LogP) is 2.76. The molecule has 1 aliphatic carbocycles. The maximum Gasteiger partial charge on any atom is 0.275 e. The van der Waals surface area contributed by atoms with E-state index in [1.165, 1.54) is 11.3 Å². The second kappa shape index (κ2) is 6.14. The molecule has 0 atom stereocenters. The first-order valence-corrected chi connectivity index (χ1v) is 9.63. The van der Waals surface area contributed by atoms with E-state index in [1.807, 2.05) is 12.1 Å². The van der Waals surface area contributed by atoms with Crippen molar-refractivity contribution in [2.45, 2.75) is 24.5 Å². The van der Waals surface area contributed by atoms with Crippen molar-refractivity contribution in [1.29, 1.82) is 5.26 Å². The average molecular weight is 346 g/mol. The Kier molecular flexibility index (Phi) is 4.20. The van der Waals surface area contributed by atoms with Crippen LogP contribution in [0.3, 0.4) is 0 Å². The third kappa shape index (κ3) is 3.60. The Morgan fingerprint density at radius 1 is 1.30 bits per heavy atom. The molecule has 0 bridgehead atoms. The molecule has 0 unspecified atom stereocenters. The number of hydrogen-bond donors (Lipinski definition) is 1. The molecule has 23 heavy (non-hydrogen) atoms. The SMILES string of the molecule is N#Cc1ccccc1CS(=O)(=O)NC(=O)c1sccc1C1CC1. The quantitative estimate of drug-likeness (QED) is 0.902. The lowest BCUT2D eigenvalue weighted by Crippen LogP contribution is -2.31. The van der Waals surface area contributed by atoms with Crippen molar-refractivity contribution < 1.29 is 13.2 Å². The number of nitrogens with one attached hydrogen (secondary N) is 1. The van der Waals surface area contributed by atoms with Crippen molar-refractivity contribution in [3.63, 3.8) is 0 Å². The summed E-state index contributed by atoms with van der Waals surface area (Å²) >= 11 is 1.25. The first-order valence-electron chi connectivity index (χ1n) is 7.10. The van der Waals surface area contributed by atoms with Gasteiger partial charge in [-0.3, -0.25) is 4.79 Å². The van der Waals surface area contributed by atoms with E-state index in [1.54, 1.807) is 29.6 Å². The van der Waals surface area contributed by atoms with Crippen LogP contribution in [0.25, 0.3) is 0 Å². The van der Waals surface area contributed by atoms with Gasteiger partial charge in [-0.1, -0.05) is 18.2 Å². The summed E-state index contributed by atoms with van der Waals surface area (Å²) < 4.78 is 26.6. The monoisotopic (exact) mass is 346 g/mol. The van der Waals surface area contributed by atoms with Crippen LogP contribution in [0.2, 0.25) is 0 Å². The molecule has 0 saturated heterocycles. The van der Waals surface area contributed by atoms with E-state index in [0.29, 0.717) is 21.9 Å². The fraction of sp³-hybridized carbons (Fsp3) is 0.250. The van der Waals surface area contributed by atoms with E-state index in [0.717, 1.165) is 18.4 Å². The molecule has 1 heterocycles. The van der Waals surface area contributed by atoms with Gasteiger partial charge in [-0.2, -0.15) is 5.26 Å². The second-order valence-electron chi connectivity index (χ2n) is 5.44. The topological polar surface area (TPSA) is 87.0 Å². The van der Waals surface area contributed by atoms with Crippen LogP contribution in [0.1, 0.15) is 45.1 Å². The third-order valence-corrected chi connectivity index (χ3v) is 5.77. The number of amides is 1. The van der Waals surface area contributed by atoms with E-state index in [2.05, 4.69) is 4.72 Å². The van der Waals surface area contributed by atoms with Crippen LogP contribution in [0.4, 0.5) is 0 Å². The van der Waals surface area contributed by atoms with Gasteiger partial charge in [0, 0.05) is 0 Å². The molecule has 1 aliphatic rings. The number of nitriles is 1. The summed E-state index contributed by atoms with van der Waals surface area (Å²) in [5.74, 6) is -0.604. The molecular formula is C16H14N2O3S2. The smallest absolute Gasteiger partial charge is 0.267 e. The summed E-state index contributed by atoms with van der Waals surface area (Å²) in [4.78, 5) is 12.7. The molecule has 1 aromatic heterocycles. The molecule has 5 nitrogen and oxygen atoms in total. The minimum atomic E-state index is -3.86. The molecule has 118 valence electrons. The van der Waals surface area contributed by atoms with Crippen molar-refractivity contribution in [3.8, 4) is 6.07 Å². The van der Waals surface area contributed by atoms with Gasteiger partial charge in [0.05, 0.1) is 22.3 Å². The molecule has 7 heteroatoms. The van der Waals surface area contributed by atoms with Crippen LogP contribution in [0.15, 0.2) is 35.7 Å². The highest BCUT2D eigenvalue weighted by atomic mass is 32.2. The second-order valence-corrected chi connectivity index (χ2v) is 8.08. The number of sulfonamides is 1. The Bertz CT molecular complexity index is 890. The lowest BCUT2D eigenvalue weighted by molar-refractivity contribution is 0.0984. The van der Waals surface area contributed by atoms with Crippen LogP contribution in [0.5, 0.6) is 0 Å². The molecule has 2 aromatic rings. The van der Waals surface area contributed by atoms with Crippen molar-refractivity contribution in [2.75, 3.05) is 0 Å². The number of nitrogens with zero attached hydrogens (tertiary/aromatic N) is 1. The first-order chi connectivity index (χ1) is 11.0. The fourth-order valence-corrected chi connectivity index (χ4v) is 4.47. The van der Waals surface area contributed by atoms with Gasteiger partial charge in [-0.05, 0) is 47.4 Å². The Morgan fingerprint density at radius 3 is 2.74 bits per heavy atom. The van der Waals surface area contributed by atoms with Crippen LogP contribution < -0.4 is 4.72 Å². The van der Waals surface area contributed by atoms with Gasteiger partial charge in [-0.25, -0.2) is 13.1 Å². The van der Waals surface area contributed by atoms with Gasteiger partial charge in [-0.15, -0.1) is 11.3 Å². The summed E-state index contributed by atoms with van der Waals surface area (Å²) in [5, 5.41) is 10.8. The fourth-order valence-electron chi connectivity index (χ4n) is 2.40. The number of benzene rings is 1. The van der Waals surface area contributed by atoms with Gasteiger partial charge < -0.3 is 0 Å². The molecule has 1 N–H and O–H groups in total. The van der Waals surface area contributed by atoms with Crippen LogP contribution in [-0.2, 0) is 15.8 Å². The Labute approximate surface area is 138 Å². The molecule has 0 spiro atoms. The molecule has 1 fully saturated rings. The zero-order chi connectivity index (χ0) is 16.4. The zero-order valence-electron chi connectivity index (χ0n) is 12.2. The van der Waals surface area contributed by atoms with Gasteiger partial charge in [0.2, 0.25) is 10.0 Å². The molecule has 1 amide bonds. The van der Waals surface area contributed by atoms with E-state index in [4.69, 9.17) is 5.26 Å². The summed E-state index contributed by atoms with van der Waals surface area (Å²) in [7, 11) is -3.86. The maximum absolute atomic E-state index is 12.3. The molecule has 3 rings (SSSR count). The zero-order valence-corrected chi connectivity index (χ0v) is 13.8. The summed E-state index contributed by atoms with van der Waals surface area (Å²) in [6, 6.07) is 10.3. The van der Waals surface area contributed by atoms with Crippen molar-refractivity contribution in [1.82, 2.24) is 4.72 Å². The lowest BCUT2D eigenvalue weighted by Gasteiger charge is -2.08. The average Bonchev–Trinajstić information content (AvgIpc) is 3.23. The molecule has 1 saturated carbocycles. The lowest BCUT2D eigenvalue weighted by atomic mass is 10.1. The number of hydrogen-bond acceptors (Lipinski definition) is 5.